The summed E-state index contributed by atoms with van der Waals surface area (Å²) in [5, 5.41) is 2.47. The summed E-state index contributed by atoms with van der Waals surface area (Å²) in [5.74, 6) is -2.80. The molecular weight excluding hydrogens is 302 g/mol. The fraction of sp³-hybridized carbons (Fsp3) is 0.176. The van der Waals surface area contributed by atoms with Gasteiger partial charge in [-0.05, 0) is 36.2 Å². The first-order valence-corrected chi connectivity index (χ1v) is 7.14. The largest absolute Gasteiger partial charge is 0.322 e. The Kier molecular flexibility index (Phi) is 3.82. The van der Waals surface area contributed by atoms with E-state index in [0.717, 1.165) is 24.1 Å². The summed E-state index contributed by atoms with van der Waals surface area (Å²) in [6.07, 6.45) is 0.741. The number of hydrogen-bond acceptors (Lipinski definition) is 2. The minimum absolute atomic E-state index is 0.0904. The lowest BCUT2D eigenvalue weighted by Crippen LogP contribution is -2.25. The minimum atomic E-state index is -0.922. The quantitative estimate of drug-likeness (QED) is 0.925. The maximum atomic E-state index is 13.6. The number of amides is 2. The molecule has 2 aromatic carbocycles. The number of nitrogens with one attached hydrogen (secondary N) is 1. The number of anilines is 2. The summed E-state index contributed by atoms with van der Waals surface area (Å²) in [7, 11) is 0. The Morgan fingerprint density at radius 2 is 1.83 bits per heavy atom. The molecule has 1 N–H and O–H groups in total. The van der Waals surface area contributed by atoms with Gasteiger partial charge in [-0.25, -0.2) is 8.78 Å². The number of halogens is 2. The van der Waals surface area contributed by atoms with Crippen LogP contribution in [0.15, 0.2) is 36.4 Å². The zero-order valence-electron chi connectivity index (χ0n) is 12.4. The highest BCUT2D eigenvalue weighted by molar-refractivity contribution is 6.05. The lowest BCUT2D eigenvalue weighted by Gasteiger charge is -2.16. The Balaban J connectivity index is 1.88. The maximum absolute atomic E-state index is 13.6. The van der Waals surface area contributed by atoms with Crippen LogP contribution in [0.3, 0.4) is 0 Å². The van der Waals surface area contributed by atoms with Crippen LogP contribution in [0.25, 0.3) is 0 Å². The van der Waals surface area contributed by atoms with Crippen molar-refractivity contribution in [3.05, 3.63) is 59.2 Å². The molecule has 0 bridgehead atoms. The Hall–Kier alpha value is -2.76. The van der Waals surface area contributed by atoms with Crippen molar-refractivity contribution in [1.82, 2.24) is 0 Å². The molecule has 0 saturated heterocycles. The topological polar surface area (TPSA) is 49.4 Å². The van der Waals surface area contributed by atoms with Gasteiger partial charge in [0.25, 0.3) is 5.91 Å². The van der Waals surface area contributed by atoms with Gasteiger partial charge in [0.1, 0.15) is 17.2 Å². The van der Waals surface area contributed by atoms with Crippen LogP contribution in [0.5, 0.6) is 0 Å². The van der Waals surface area contributed by atoms with E-state index in [1.807, 2.05) is 0 Å². The van der Waals surface area contributed by atoms with Crippen LogP contribution in [0.1, 0.15) is 22.8 Å². The first-order chi connectivity index (χ1) is 11.0. The van der Waals surface area contributed by atoms with Gasteiger partial charge in [-0.3, -0.25) is 9.59 Å². The Bertz CT molecular complexity index is 785. The van der Waals surface area contributed by atoms with E-state index < -0.39 is 23.1 Å². The van der Waals surface area contributed by atoms with Gasteiger partial charge in [-0.1, -0.05) is 12.1 Å². The van der Waals surface area contributed by atoms with Gasteiger partial charge in [0.2, 0.25) is 5.91 Å². The lowest BCUT2D eigenvalue weighted by molar-refractivity contribution is -0.116. The van der Waals surface area contributed by atoms with Crippen LogP contribution in [0.2, 0.25) is 0 Å². The van der Waals surface area contributed by atoms with Crippen molar-refractivity contribution in [3.8, 4) is 0 Å². The highest BCUT2D eigenvalue weighted by Gasteiger charge is 2.23. The molecule has 0 radical (unpaired) electrons. The number of fused-ring (bicyclic) bond motifs is 1. The van der Waals surface area contributed by atoms with E-state index in [9.17, 15) is 18.4 Å². The van der Waals surface area contributed by atoms with Crippen molar-refractivity contribution >= 4 is 23.2 Å². The highest BCUT2D eigenvalue weighted by Crippen LogP contribution is 2.31. The number of carbonyl (C=O) groups is 2. The first-order valence-electron chi connectivity index (χ1n) is 7.14. The van der Waals surface area contributed by atoms with E-state index in [2.05, 4.69) is 5.32 Å². The van der Waals surface area contributed by atoms with Gasteiger partial charge in [0, 0.05) is 24.8 Å². The summed E-state index contributed by atoms with van der Waals surface area (Å²) in [6, 6.07) is 8.34. The van der Waals surface area contributed by atoms with Gasteiger partial charge in [0.05, 0.1) is 0 Å². The highest BCUT2D eigenvalue weighted by atomic mass is 19.1. The van der Waals surface area contributed by atoms with Gasteiger partial charge in [-0.2, -0.15) is 0 Å². The van der Waals surface area contributed by atoms with Crippen LogP contribution in [-0.4, -0.2) is 18.4 Å². The number of hydrogen-bond donors (Lipinski definition) is 1. The van der Waals surface area contributed by atoms with Gasteiger partial charge in [-0.15, -0.1) is 0 Å². The molecule has 0 unspecified atom stereocenters. The SMILES string of the molecule is CC(=O)N1CCc2ccc(NC(=O)c3c(F)cccc3F)cc21. The van der Waals surface area contributed by atoms with Crippen molar-refractivity contribution in [2.24, 2.45) is 0 Å². The van der Waals surface area contributed by atoms with Crippen molar-refractivity contribution < 1.29 is 18.4 Å². The molecule has 0 spiro atoms. The molecule has 0 fully saturated rings. The molecule has 1 heterocycles. The zero-order chi connectivity index (χ0) is 16.6. The molecule has 2 aromatic rings. The van der Waals surface area contributed by atoms with Crippen LogP contribution in [0.4, 0.5) is 20.2 Å². The second kappa shape index (κ2) is 5.79. The third-order valence-corrected chi connectivity index (χ3v) is 3.81. The first kappa shape index (κ1) is 15.1. The van der Waals surface area contributed by atoms with Crippen molar-refractivity contribution in [3.63, 3.8) is 0 Å². The summed E-state index contributed by atoms with van der Waals surface area (Å²) < 4.78 is 27.3. The number of benzene rings is 2. The van der Waals surface area contributed by atoms with Crippen LogP contribution >= 0.6 is 0 Å². The lowest BCUT2D eigenvalue weighted by atomic mass is 10.1. The molecular formula is C17H14F2N2O2. The van der Waals surface area contributed by atoms with E-state index in [1.165, 1.54) is 13.0 Å². The fourth-order valence-electron chi connectivity index (χ4n) is 2.69. The second-order valence-electron chi connectivity index (χ2n) is 5.31. The van der Waals surface area contributed by atoms with Crippen molar-refractivity contribution in [2.75, 3.05) is 16.8 Å². The van der Waals surface area contributed by atoms with Crippen LogP contribution in [0, 0.1) is 11.6 Å². The van der Waals surface area contributed by atoms with Crippen LogP contribution in [-0.2, 0) is 11.2 Å². The molecule has 118 valence electrons. The maximum Gasteiger partial charge on any atom is 0.261 e. The zero-order valence-corrected chi connectivity index (χ0v) is 12.4. The molecule has 1 aliphatic rings. The number of rotatable bonds is 2. The molecule has 23 heavy (non-hydrogen) atoms. The van der Waals surface area contributed by atoms with E-state index in [0.29, 0.717) is 17.9 Å². The second-order valence-corrected chi connectivity index (χ2v) is 5.31. The molecule has 0 saturated carbocycles. The van der Waals surface area contributed by atoms with E-state index in [1.54, 1.807) is 23.1 Å². The average molecular weight is 316 g/mol. The summed E-state index contributed by atoms with van der Waals surface area (Å²) in [4.78, 5) is 25.3. The molecule has 0 atom stereocenters. The van der Waals surface area contributed by atoms with E-state index in [-0.39, 0.29) is 5.91 Å². The third kappa shape index (κ3) is 2.79. The Morgan fingerprint density at radius 1 is 1.13 bits per heavy atom. The van der Waals surface area contributed by atoms with Gasteiger partial charge in [0.15, 0.2) is 0 Å². The van der Waals surface area contributed by atoms with Crippen LogP contribution < -0.4 is 10.2 Å². The van der Waals surface area contributed by atoms with Gasteiger partial charge < -0.3 is 10.2 Å². The molecule has 0 aliphatic carbocycles. The minimum Gasteiger partial charge on any atom is -0.322 e. The monoisotopic (exact) mass is 316 g/mol. The molecule has 0 aromatic heterocycles. The summed E-state index contributed by atoms with van der Waals surface area (Å²) in [5.41, 5.74) is 1.46. The molecule has 3 rings (SSSR count). The van der Waals surface area contributed by atoms with Gasteiger partial charge >= 0.3 is 0 Å². The van der Waals surface area contributed by atoms with Crippen molar-refractivity contribution in [2.45, 2.75) is 13.3 Å². The molecule has 6 heteroatoms. The van der Waals surface area contributed by atoms with E-state index >= 15 is 0 Å². The normalized spacial score (nSPS) is 12.9. The predicted octanol–water partition coefficient (Wildman–Crippen LogP) is 3.13. The Morgan fingerprint density at radius 3 is 2.48 bits per heavy atom. The fourth-order valence-corrected chi connectivity index (χ4v) is 2.69. The Labute approximate surface area is 131 Å². The smallest absolute Gasteiger partial charge is 0.261 e. The predicted molar refractivity (Wildman–Crippen MR) is 82.5 cm³/mol. The molecule has 4 nitrogen and oxygen atoms in total. The van der Waals surface area contributed by atoms with E-state index in [4.69, 9.17) is 0 Å². The van der Waals surface area contributed by atoms with Crippen molar-refractivity contribution in [1.29, 1.82) is 0 Å². The summed E-state index contributed by atoms with van der Waals surface area (Å²) >= 11 is 0. The molecule has 2 amide bonds. The molecule has 1 aliphatic heterocycles. The third-order valence-electron chi connectivity index (χ3n) is 3.81. The summed E-state index contributed by atoms with van der Waals surface area (Å²) in [6.45, 7) is 2.05. The number of carbonyl (C=O) groups excluding carboxylic acids is 2. The standard InChI is InChI=1S/C17H14F2N2O2/c1-10(22)21-8-7-11-5-6-12(9-15(11)21)20-17(23)16-13(18)3-2-4-14(16)19/h2-6,9H,7-8H2,1H3,(H,20,23). The average Bonchev–Trinajstić information content (AvgIpc) is 2.90. The number of nitrogens with zero attached hydrogens (tertiary/aromatic N) is 1.